The Morgan fingerprint density at radius 1 is 1.30 bits per heavy atom. The van der Waals surface area contributed by atoms with Crippen molar-refractivity contribution in [1.82, 2.24) is 19.9 Å². The van der Waals surface area contributed by atoms with Gasteiger partial charge in [0, 0.05) is 37.1 Å². The van der Waals surface area contributed by atoms with E-state index in [9.17, 15) is 4.79 Å². The summed E-state index contributed by atoms with van der Waals surface area (Å²) in [6.45, 7) is 9.98. The molecule has 3 aromatic rings. The van der Waals surface area contributed by atoms with Crippen LogP contribution in [-0.4, -0.2) is 39.6 Å². The average Bonchev–Trinajstić information content (AvgIpc) is 3.17. The molecule has 0 saturated carbocycles. The first-order valence-corrected chi connectivity index (χ1v) is 10.9. The first kappa shape index (κ1) is 20.4. The standard InChI is InChI=1S/C24H31N5O/c1-5-18(4)26-24(30)19-7-6-11-28(15-19)23-22-14-21(27-29(22)12-10-25-23)20-9-8-16(2)13-17(20)3/h8-10,12-14,18-19H,5-7,11,15H2,1-4H3,(H,26,30)/t18-,19-/m0/s1. The van der Waals surface area contributed by atoms with Crippen LogP contribution in [-0.2, 0) is 4.79 Å². The number of amides is 1. The molecule has 0 unspecified atom stereocenters. The van der Waals surface area contributed by atoms with Crippen LogP contribution in [0.1, 0.15) is 44.2 Å². The molecule has 1 aliphatic heterocycles. The van der Waals surface area contributed by atoms with Crippen molar-refractivity contribution in [3.05, 3.63) is 47.8 Å². The molecule has 3 heterocycles. The maximum absolute atomic E-state index is 12.7. The number of nitrogens with zero attached hydrogens (tertiary/aromatic N) is 4. The molecule has 2 aromatic heterocycles. The predicted molar refractivity (Wildman–Crippen MR) is 121 cm³/mol. The SMILES string of the molecule is CC[C@H](C)NC(=O)[C@H]1CCCN(c2nccn3nc(-c4ccc(C)cc4C)cc23)C1. The second kappa shape index (κ2) is 8.46. The van der Waals surface area contributed by atoms with E-state index in [1.54, 1.807) is 6.20 Å². The van der Waals surface area contributed by atoms with Crippen LogP contribution in [0.2, 0.25) is 0 Å². The Bertz CT molecular complexity index is 1060. The fourth-order valence-corrected chi connectivity index (χ4v) is 4.23. The number of nitrogens with one attached hydrogen (secondary N) is 1. The number of carbonyl (C=O) groups excluding carboxylic acids is 1. The smallest absolute Gasteiger partial charge is 0.225 e. The van der Waals surface area contributed by atoms with E-state index in [4.69, 9.17) is 5.10 Å². The van der Waals surface area contributed by atoms with E-state index in [2.05, 4.69) is 67.2 Å². The van der Waals surface area contributed by atoms with Gasteiger partial charge < -0.3 is 10.2 Å². The van der Waals surface area contributed by atoms with Crippen LogP contribution in [0.3, 0.4) is 0 Å². The molecule has 30 heavy (non-hydrogen) atoms. The number of hydrogen-bond acceptors (Lipinski definition) is 4. The Kier molecular flexibility index (Phi) is 5.75. The summed E-state index contributed by atoms with van der Waals surface area (Å²) >= 11 is 0. The quantitative estimate of drug-likeness (QED) is 0.693. The number of fused-ring (bicyclic) bond motifs is 1. The highest BCUT2D eigenvalue weighted by Gasteiger charge is 2.28. The summed E-state index contributed by atoms with van der Waals surface area (Å²) in [5, 5.41) is 7.95. The average molecular weight is 406 g/mol. The minimum Gasteiger partial charge on any atom is -0.354 e. The minimum absolute atomic E-state index is 0.00320. The van der Waals surface area contributed by atoms with E-state index < -0.39 is 0 Å². The molecular weight excluding hydrogens is 374 g/mol. The van der Waals surface area contributed by atoms with Gasteiger partial charge in [-0.05, 0) is 51.7 Å². The first-order valence-electron chi connectivity index (χ1n) is 10.9. The molecule has 1 amide bonds. The highest BCUT2D eigenvalue weighted by atomic mass is 16.2. The fourth-order valence-electron chi connectivity index (χ4n) is 4.23. The van der Waals surface area contributed by atoms with Gasteiger partial charge in [-0.1, -0.05) is 30.7 Å². The summed E-state index contributed by atoms with van der Waals surface area (Å²) in [5.41, 5.74) is 5.53. The van der Waals surface area contributed by atoms with Crippen molar-refractivity contribution in [1.29, 1.82) is 0 Å². The summed E-state index contributed by atoms with van der Waals surface area (Å²) in [6, 6.07) is 8.77. The summed E-state index contributed by atoms with van der Waals surface area (Å²) in [6.07, 6.45) is 6.54. The molecule has 158 valence electrons. The van der Waals surface area contributed by atoms with Gasteiger partial charge in [0.1, 0.15) is 5.52 Å². The van der Waals surface area contributed by atoms with Gasteiger partial charge in [0.05, 0.1) is 11.6 Å². The van der Waals surface area contributed by atoms with Crippen LogP contribution in [0.4, 0.5) is 5.82 Å². The normalized spacial score (nSPS) is 17.9. The van der Waals surface area contributed by atoms with Gasteiger partial charge in [0.25, 0.3) is 0 Å². The number of anilines is 1. The number of hydrogen-bond donors (Lipinski definition) is 1. The zero-order chi connectivity index (χ0) is 21.3. The van der Waals surface area contributed by atoms with Gasteiger partial charge in [-0.2, -0.15) is 5.10 Å². The van der Waals surface area contributed by atoms with E-state index in [1.165, 1.54) is 11.1 Å². The van der Waals surface area contributed by atoms with Crippen LogP contribution in [0.15, 0.2) is 36.7 Å². The molecule has 0 radical (unpaired) electrons. The molecule has 4 rings (SSSR count). The van der Waals surface area contributed by atoms with Crippen LogP contribution in [0.25, 0.3) is 16.8 Å². The third kappa shape index (κ3) is 4.04. The first-order chi connectivity index (χ1) is 14.5. The molecule has 1 aromatic carbocycles. The van der Waals surface area contributed by atoms with E-state index in [-0.39, 0.29) is 17.9 Å². The van der Waals surface area contributed by atoms with Gasteiger partial charge in [0.2, 0.25) is 5.91 Å². The lowest BCUT2D eigenvalue weighted by atomic mass is 9.96. The fraction of sp³-hybridized carbons (Fsp3) is 0.458. The second-order valence-corrected chi connectivity index (χ2v) is 8.53. The van der Waals surface area contributed by atoms with Gasteiger partial charge in [-0.25, -0.2) is 9.50 Å². The maximum atomic E-state index is 12.7. The monoisotopic (exact) mass is 405 g/mol. The second-order valence-electron chi connectivity index (χ2n) is 8.53. The van der Waals surface area contributed by atoms with Crippen molar-refractivity contribution in [2.24, 2.45) is 5.92 Å². The third-order valence-corrected chi connectivity index (χ3v) is 6.12. The minimum atomic E-state index is -0.00320. The summed E-state index contributed by atoms with van der Waals surface area (Å²) in [7, 11) is 0. The van der Waals surface area contributed by atoms with Crippen LogP contribution in [0, 0.1) is 19.8 Å². The molecule has 6 nitrogen and oxygen atoms in total. The zero-order valence-corrected chi connectivity index (χ0v) is 18.4. The number of rotatable bonds is 5. The topological polar surface area (TPSA) is 62.5 Å². The van der Waals surface area contributed by atoms with Gasteiger partial charge >= 0.3 is 0 Å². The summed E-state index contributed by atoms with van der Waals surface area (Å²) in [4.78, 5) is 19.6. The number of piperidine rings is 1. The van der Waals surface area contributed by atoms with E-state index in [0.29, 0.717) is 6.54 Å². The van der Waals surface area contributed by atoms with Gasteiger partial charge in [-0.3, -0.25) is 4.79 Å². The number of aromatic nitrogens is 3. The Hall–Kier alpha value is -2.89. The Balaban J connectivity index is 1.62. The van der Waals surface area contributed by atoms with E-state index >= 15 is 0 Å². The maximum Gasteiger partial charge on any atom is 0.225 e. The number of aryl methyl sites for hydroxylation is 2. The molecular formula is C24H31N5O. The Morgan fingerprint density at radius 2 is 2.13 bits per heavy atom. The highest BCUT2D eigenvalue weighted by Crippen LogP contribution is 2.30. The van der Waals surface area contributed by atoms with Crippen molar-refractivity contribution >= 4 is 17.2 Å². The Morgan fingerprint density at radius 3 is 2.90 bits per heavy atom. The molecule has 6 heteroatoms. The predicted octanol–water partition coefficient (Wildman–Crippen LogP) is 4.14. The lowest BCUT2D eigenvalue weighted by molar-refractivity contribution is -0.125. The van der Waals surface area contributed by atoms with Crippen molar-refractivity contribution in [3.8, 4) is 11.3 Å². The molecule has 1 fully saturated rings. The zero-order valence-electron chi connectivity index (χ0n) is 18.4. The largest absolute Gasteiger partial charge is 0.354 e. The number of carbonyl (C=O) groups is 1. The summed E-state index contributed by atoms with van der Waals surface area (Å²) < 4.78 is 1.90. The molecule has 2 atom stereocenters. The van der Waals surface area contributed by atoms with E-state index in [1.807, 2.05) is 10.7 Å². The molecule has 0 bridgehead atoms. The van der Waals surface area contributed by atoms with Crippen LogP contribution < -0.4 is 10.2 Å². The van der Waals surface area contributed by atoms with E-state index in [0.717, 1.165) is 48.4 Å². The van der Waals surface area contributed by atoms with Crippen LogP contribution >= 0.6 is 0 Å². The highest BCUT2D eigenvalue weighted by molar-refractivity contribution is 5.81. The lowest BCUT2D eigenvalue weighted by Gasteiger charge is -2.33. The van der Waals surface area contributed by atoms with Crippen LogP contribution in [0.5, 0.6) is 0 Å². The van der Waals surface area contributed by atoms with Crippen molar-refractivity contribution in [2.45, 2.75) is 53.0 Å². The van der Waals surface area contributed by atoms with Crippen molar-refractivity contribution in [3.63, 3.8) is 0 Å². The van der Waals surface area contributed by atoms with Gasteiger partial charge in [0.15, 0.2) is 5.82 Å². The van der Waals surface area contributed by atoms with Crippen molar-refractivity contribution < 1.29 is 4.79 Å². The molecule has 1 aliphatic rings. The number of benzene rings is 1. The lowest BCUT2D eigenvalue weighted by Crippen LogP contribution is -2.45. The summed E-state index contributed by atoms with van der Waals surface area (Å²) in [5.74, 6) is 1.06. The molecule has 1 N–H and O–H groups in total. The third-order valence-electron chi connectivity index (χ3n) is 6.12. The molecule has 1 saturated heterocycles. The molecule has 0 spiro atoms. The van der Waals surface area contributed by atoms with Gasteiger partial charge in [-0.15, -0.1) is 0 Å². The van der Waals surface area contributed by atoms with Crippen molar-refractivity contribution in [2.75, 3.05) is 18.0 Å². The molecule has 0 aliphatic carbocycles. The Labute approximate surface area is 178 Å².